The fourth-order valence-electron chi connectivity index (χ4n) is 6.83. The molecule has 3 N–H and O–H groups in total. The number of nitrogens with one attached hydrogen (secondary N) is 2. The van der Waals surface area contributed by atoms with Crippen molar-refractivity contribution in [2.24, 2.45) is 5.92 Å². The number of ether oxygens (including phenoxy) is 2. The second-order valence-corrected chi connectivity index (χ2v) is 14.0. The Labute approximate surface area is 284 Å². The topological polar surface area (TPSA) is 178 Å². The average Bonchev–Trinajstić information content (AvgIpc) is 3.36. The summed E-state index contributed by atoms with van der Waals surface area (Å²) in [4.78, 5) is 56.4. The van der Waals surface area contributed by atoms with E-state index >= 15 is 0 Å². The summed E-state index contributed by atoms with van der Waals surface area (Å²) in [7, 11) is 1.61. The van der Waals surface area contributed by atoms with E-state index in [2.05, 4.69) is 26.0 Å². The summed E-state index contributed by atoms with van der Waals surface area (Å²) in [6.07, 6.45) is 6.85. The summed E-state index contributed by atoms with van der Waals surface area (Å²) in [5.74, 6) is -1.44. The minimum Gasteiger partial charge on any atom is -0.496 e. The SMILES string of the molecule is COc1ccc(-c2nnn(C3C[C@H]4C(=O)N[C@@]5(C(=O)O)C[C@H]5C=CCCCCC[C@@H](NC(=O)OC(C)(C)C)C(=O)N4C3)n2)c2ccccc12. The van der Waals surface area contributed by atoms with Crippen LogP contribution in [0.15, 0.2) is 48.6 Å². The minimum absolute atomic E-state index is 0.0476. The number of fused-ring (bicyclic) bond motifs is 3. The standard InChI is InChI=1S/C35H43N7O7/c1-34(2,3)49-33(47)36-26-15-9-7-5-6-8-12-21-19-35(21,32(45)46)37-30(43)27-18-22(20-41(27)31(26)44)42-39-29(38-40-42)25-16-17-28(48-4)24-14-11-10-13-23(24)25/h8,10-14,16-17,21-22,26-27H,5-7,9,15,18-20H2,1-4H3,(H,36,47)(H,37,43)(H,45,46)/t21-,22?,26-,27+,35+/m1/s1. The number of methoxy groups -OCH3 is 1. The highest BCUT2D eigenvalue weighted by Crippen LogP contribution is 2.45. The number of carbonyl (C=O) groups excluding carboxylic acids is 3. The number of benzene rings is 2. The molecule has 3 aliphatic rings. The van der Waals surface area contributed by atoms with Crippen molar-refractivity contribution in [3.8, 4) is 17.1 Å². The highest BCUT2D eigenvalue weighted by atomic mass is 16.6. The molecule has 2 aliphatic heterocycles. The molecule has 3 heterocycles. The number of hydrogen-bond acceptors (Lipinski definition) is 9. The van der Waals surface area contributed by atoms with E-state index in [9.17, 15) is 24.3 Å². The lowest BCUT2D eigenvalue weighted by molar-refractivity contribution is -0.145. The van der Waals surface area contributed by atoms with Gasteiger partial charge in [-0.25, -0.2) is 9.59 Å². The Morgan fingerprint density at radius 2 is 1.86 bits per heavy atom. The van der Waals surface area contributed by atoms with Gasteiger partial charge in [-0.2, -0.15) is 4.80 Å². The predicted molar refractivity (Wildman–Crippen MR) is 178 cm³/mol. The number of aliphatic carboxylic acids is 1. The van der Waals surface area contributed by atoms with E-state index < -0.39 is 53.1 Å². The van der Waals surface area contributed by atoms with Crippen LogP contribution >= 0.6 is 0 Å². The van der Waals surface area contributed by atoms with Crippen LogP contribution in [0.1, 0.15) is 71.8 Å². The largest absolute Gasteiger partial charge is 0.496 e. The van der Waals surface area contributed by atoms with Crippen molar-refractivity contribution < 1.29 is 33.8 Å². The van der Waals surface area contributed by atoms with Crippen LogP contribution in [0.4, 0.5) is 4.79 Å². The van der Waals surface area contributed by atoms with Crippen molar-refractivity contribution in [3.63, 3.8) is 0 Å². The molecule has 5 atom stereocenters. The molecule has 14 nitrogen and oxygen atoms in total. The first-order valence-electron chi connectivity index (χ1n) is 16.8. The molecule has 3 amide bonds. The van der Waals surface area contributed by atoms with Gasteiger partial charge < -0.3 is 30.1 Å². The van der Waals surface area contributed by atoms with Crippen molar-refractivity contribution in [2.45, 2.75) is 95.0 Å². The van der Waals surface area contributed by atoms with Gasteiger partial charge in [0.15, 0.2) is 0 Å². The van der Waals surface area contributed by atoms with E-state index in [-0.39, 0.29) is 25.3 Å². The van der Waals surface area contributed by atoms with Gasteiger partial charge in [0.1, 0.15) is 29.0 Å². The minimum atomic E-state index is -1.44. The average molecular weight is 674 g/mol. The number of rotatable bonds is 5. The number of carboxylic acids is 1. The van der Waals surface area contributed by atoms with Crippen LogP contribution in [0.5, 0.6) is 5.75 Å². The summed E-state index contributed by atoms with van der Waals surface area (Å²) in [6.45, 7) is 5.26. The Balaban J connectivity index is 1.32. The van der Waals surface area contributed by atoms with E-state index in [1.807, 2.05) is 48.6 Å². The third kappa shape index (κ3) is 7.08. The monoisotopic (exact) mass is 673 g/mol. The number of carboxylic acid groups (broad SMARTS) is 1. The quantitative estimate of drug-likeness (QED) is 0.335. The zero-order chi connectivity index (χ0) is 34.9. The lowest BCUT2D eigenvalue weighted by atomic mass is 10.0. The molecule has 1 unspecified atom stereocenters. The van der Waals surface area contributed by atoms with Gasteiger partial charge in [-0.3, -0.25) is 9.59 Å². The number of alkyl carbamates (subject to hydrolysis) is 1. The highest BCUT2D eigenvalue weighted by molar-refractivity contribution is 5.99. The van der Waals surface area contributed by atoms with E-state index in [0.29, 0.717) is 24.4 Å². The van der Waals surface area contributed by atoms with Gasteiger partial charge in [-0.05, 0) is 69.2 Å². The third-order valence-corrected chi connectivity index (χ3v) is 9.43. The second kappa shape index (κ2) is 13.5. The summed E-state index contributed by atoms with van der Waals surface area (Å²) in [5.41, 5.74) is -1.48. The molecule has 260 valence electrons. The lowest BCUT2D eigenvalue weighted by Crippen LogP contribution is -2.56. The van der Waals surface area contributed by atoms with Crippen LogP contribution in [-0.2, 0) is 19.1 Å². The number of tetrazole rings is 1. The molecule has 0 radical (unpaired) electrons. The molecule has 1 saturated carbocycles. The van der Waals surface area contributed by atoms with Gasteiger partial charge >= 0.3 is 12.1 Å². The van der Waals surface area contributed by atoms with E-state index in [0.717, 1.165) is 35.6 Å². The summed E-state index contributed by atoms with van der Waals surface area (Å²) in [6, 6.07) is 8.86. The molecule has 14 heteroatoms. The number of nitrogens with zero attached hydrogens (tertiary/aromatic N) is 5. The normalized spacial score (nSPS) is 26.2. The molecule has 1 aliphatic carbocycles. The summed E-state index contributed by atoms with van der Waals surface area (Å²) in [5, 5.41) is 30.8. The first-order valence-corrected chi connectivity index (χ1v) is 16.8. The molecule has 2 fully saturated rings. The maximum Gasteiger partial charge on any atom is 0.408 e. The lowest BCUT2D eigenvalue weighted by Gasteiger charge is -2.30. The molecule has 0 bridgehead atoms. The molecule has 2 aromatic carbocycles. The van der Waals surface area contributed by atoms with Crippen LogP contribution in [0.3, 0.4) is 0 Å². The van der Waals surface area contributed by atoms with Crippen molar-refractivity contribution >= 4 is 34.6 Å². The van der Waals surface area contributed by atoms with Gasteiger partial charge in [0, 0.05) is 29.8 Å². The number of amides is 3. The van der Waals surface area contributed by atoms with Gasteiger partial charge in [0.05, 0.1) is 13.2 Å². The van der Waals surface area contributed by atoms with Gasteiger partial charge in [0.25, 0.3) is 0 Å². The number of allylic oxidation sites excluding steroid dienone is 1. The van der Waals surface area contributed by atoms with E-state index in [1.165, 1.54) is 9.70 Å². The van der Waals surface area contributed by atoms with Crippen LogP contribution in [0.2, 0.25) is 0 Å². The van der Waals surface area contributed by atoms with E-state index in [4.69, 9.17) is 9.47 Å². The molecule has 1 aromatic heterocycles. The van der Waals surface area contributed by atoms with E-state index in [1.54, 1.807) is 27.9 Å². The van der Waals surface area contributed by atoms with Crippen LogP contribution in [0.25, 0.3) is 22.2 Å². The van der Waals surface area contributed by atoms with Crippen molar-refractivity contribution in [3.05, 3.63) is 48.6 Å². The summed E-state index contributed by atoms with van der Waals surface area (Å²) < 4.78 is 11.0. The number of aromatic nitrogens is 4. The molecule has 1 saturated heterocycles. The second-order valence-electron chi connectivity index (χ2n) is 14.0. The van der Waals surface area contributed by atoms with Crippen LogP contribution < -0.4 is 15.4 Å². The number of carbonyl (C=O) groups is 4. The highest BCUT2D eigenvalue weighted by Gasteiger charge is 2.61. The Bertz CT molecular complexity index is 1780. The first-order chi connectivity index (χ1) is 23.4. The van der Waals surface area contributed by atoms with Crippen molar-refractivity contribution in [1.82, 2.24) is 35.7 Å². The van der Waals surface area contributed by atoms with Gasteiger partial charge in [0.2, 0.25) is 17.6 Å². The third-order valence-electron chi connectivity index (χ3n) is 9.43. The molecule has 3 aromatic rings. The molecule has 49 heavy (non-hydrogen) atoms. The predicted octanol–water partition coefficient (Wildman–Crippen LogP) is 4.02. The zero-order valence-corrected chi connectivity index (χ0v) is 28.2. The Kier molecular flexibility index (Phi) is 9.32. The molecule has 6 rings (SSSR count). The van der Waals surface area contributed by atoms with Crippen LogP contribution in [0, 0.1) is 5.92 Å². The van der Waals surface area contributed by atoms with Crippen LogP contribution in [-0.4, -0.2) is 91.0 Å². The zero-order valence-electron chi connectivity index (χ0n) is 28.2. The maximum atomic E-state index is 14.3. The Morgan fingerprint density at radius 1 is 1.08 bits per heavy atom. The fourth-order valence-corrected chi connectivity index (χ4v) is 6.83. The summed E-state index contributed by atoms with van der Waals surface area (Å²) >= 11 is 0. The Hall–Kier alpha value is -5.01. The first kappa shape index (κ1) is 33.9. The number of hydrogen-bond donors (Lipinski definition) is 3. The van der Waals surface area contributed by atoms with Crippen molar-refractivity contribution in [2.75, 3.05) is 13.7 Å². The van der Waals surface area contributed by atoms with Gasteiger partial charge in [-0.15, -0.1) is 10.2 Å². The smallest absolute Gasteiger partial charge is 0.408 e. The fraction of sp³-hybridized carbons (Fsp3) is 0.514. The maximum absolute atomic E-state index is 14.3. The van der Waals surface area contributed by atoms with Crippen molar-refractivity contribution in [1.29, 1.82) is 0 Å². The molecule has 0 spiro atoms. The van der Waals surface area contributed by atoms with Gasteiger partial charge in [-0.1, -0.05) is 49.3 Å². The molecular formula is C35H43N7O7. The Morgan fingerprint density at radius 3 is 2.59 bits per heavy atom. The molecular weight excluding hydrogens is 630 g/mol.